The fraction of sp³-hybridized carbons (Fsp3) is 0.167. The summed E-state index contributed by atoms with van der Waals surface area (Å²) in [5, 5.41) is 8.94. The molecule has 35 heavy (non-hydrogen) atoms. The number of nitrogens with one attached hydrogen (secondary N) is 3. The van der Waals surface area contributed by atoms with Gasteiger partial charge in [0, 0.05) is 43.7 Å². The number of anilines is 3. The number of aryl methyl sites for hydroxylation is 1. The summed E-state index contributed by atoms with van der Waals surface area (Å²) in [6.07, 6.45) is 0. The monoisotopic (exact) mass is 464 g/mol. The number of amides is 2. The zero-order valence-corrected chi connectivity index (χ0v) is 20.3. The van der Waals surface area contributed by atoms with Gasteiger partial charge in [-0.2, -0.15) is 0 Å². The highest BCUT2D eigenvalue weighted by molar-refractivity contribution is 5.99. The van der Waals surface area contributed by atoms with Crippen LogP contribution in [0.5, 0.6) is 0 Å². The van der Waals surface area contributed by atoms with Crippen LogP contribution in [0.1, 0.15) is 22.3 Å². The summed E-state index contributed by atoms with van der Waals surface area (Å²) >= 11 is 0. The molecule has 3 N–H and O–H groups in total. The Labute approximate surface area is 207 Å². The van der Waals surface area contributed by atoms with E-state index in [1.807, 2.05) is 56.4 Å². The standard InChI is InChI=1S/C30H32N4O/c1-23-8-14-28(15-9-23)32-30(35)33-29-18-12-26(13-19-29)22-34(20-24-6-4-3-5-7-24)21-25-10-16-27(31-2)17-11-25/h3-19,31H,20-22H2,1-2H3,(H2,32,33,35). The molecule has 0 unspecified atom stereocenters. The van der Waals surface area contributed by atoms with Crippen LogP contribution < -0.4 is 16.0 Å². The average molecular weight is 465 g/mol. The smallest absolute Gasteiger partial charge is 0.323 e. The van der Waals surface area contributed by atoms with Crippen LogP contribution in [0.2, 0.25) is 0 Å². The molecule has 0 atom stereocenters. The molecule has 4 aromatic carbocycles. The number of hydrogen-bond acceptors (Lipinski definition) is 3. The number of benzene rings is 4. The van der Waals surface area contributed by atoms with Crippen molar-refractivity contribution >= 4 is 23.1 Å². The molecule has 0 bridgehead atoms. The minimum atomic E-state index is -0.252. The van der Waals surface area contributed by atoms with Gasteiger partial charge in [-0.25, -0.2) is 4.79 Å². The molecule has 0 aromatic heterocycles. The number of hydrogen-bond donors (Lipinski definition) is 3. The minimum Gasteiger partial charge on any atom is -0.388 e. The van der Waals surface area contributed by atoms with Crippen LogP contribution in [-0.4, -0.2) is 18.0 Å². The van der Waals surface area contributed by atoms with Gasteiger partial charge < -0.3 is 16.0 Å². The van der Waals surface area contributed by atoms with Crippen LogP contribution in [0.25, 0.3) is 0 Å². The Balaban J connectivity index is 1.40. The molecule has 0 saturated heterocycles. The molecule has 0 aliphatic carbocycles. The molecular formula is C30H32N4O. The fourth-order valence-electron chi connectivity index (χ4n) is 3.93. The molecule has 4 aromatic rings. The van der Waals surface area contributed by atoms with Gasteiger partial charge in [0.15, 0.2) is 0 Å². The fourth-order valence-corrected chi connectivity index (χ4v) is 3.93. The minimum absolute atomic E-state index is 0.252. The summed E-state index contributed by atoms with van der Waals surface area (Å²) in [6.45, 7) is 4.52. The summed E-state index contributed by atoms with van der Waals surface area (Å²) in [5.74, 6) is 0. The van der Waals surface area contributed by atoms with Crippen molar-refractivity contribution in [3.05, 3.63) is 125 Å². The Morgan fingerprint density at radius 1 is 0.600 bits per heavy atom. The van der Waals surface area contributed by atoms with Crippen molar-refractivity contribution < 1.29 is 4.79 Å². The molecule has 5 nitrogen and oxygen atoms in total. The molecule has 0 radical (unpaired) electrons. The lowest BCUT2D eigenvalue weighted by Gasteiger charge is -2.23. The van der Waals surface area contributed by atoms with Gasteiger partial charge in [0.2, 0.25) is 0 Å². The molecule has 0 heterocycles. The average Bonchev–Trinajstić information content (AvgIpc) is 2.88. The van der Waals surface area contributed by atoms with E-state index >= 15 is 0 Å². The molecular weight excluding hydrogens is 432 g/mol. The third-order valence-corrected chi connectivity index (χ3v) is 5.83. The molecule has 4 rings (SSSR count). The van der Waals surface area contributed by atoms with Crippen molar-refractivity contribution in [2.45, 2.75) is 26.6 Å². The molecule has 0 aliphatic rings. The van der Waals surface area contributed by atoms with Gasteiger partial charge in [0.1, 0.15) is 0 Å². The van der Waals surface area contributed by atoms with Crippen molar-refractivity contribution in [2.24, 2.45) is 0 Å². The lowest BCUT2D eigenvalue weighted by Crippen LogP contribution is -2.22. The van der Waals surface area contributed by atoms with Gasteiger partial charge in [0.05, 0.1) is 0 Å². The van der Waals surface area contributed by atoms with E-state index in [4.69, 9.17) is 0 Å². The van der Waals surface area contributed by atoms with Gasteiger partial charge >= 0.3 is 6.03 Å². The zero-order valence-electron chi connectivity index (χ0n) is 20.3. The molecule has 178 valence electrons. The normalized spacial score (nSPS) is 10.7. The number of rotatable bonds is 9. The second-order valence-corrected chi connectivity index (χ2v) is 8.72. The van der Waals surface area contributed by atoms with Gasteiger partial charge in [0.25, 0.3) is 0 Å². The van der Waals surface area contributed by atoms with E-state index < -0.39 is 0 Å². The summed E-state index contributed by atoms with van der Waals surface area (Å²) in [7, 11) is 1.93. The predicted molar refractivity (Wildman–Crippen MR) is 146 cm³/mol. The van der Waals surface area contributed by atoms with Crippen molar-refractivity contribution in [1.82, 2.24) is 4.90 Å². The lowest BCUT2D eigenvalue weighted by atomic mass is 10.1. The topological polar surface area (TPSA) is 56.4 Å². The maximum absolute atomic E-state index is 12.3. The van der Waals surface area contributed by atoms with Crippen molar-refractivity contribution in [2.75, 3.05) is 23.0 Å². The number of carbonyl (C=O) groups is 1. The Hall–Kier alpha value is -4.09. The van der Waals surface area contributed by atoms with Crippen LogP contribution in [-0.2, 0) is 19.6 Å². The Morgan fingerprint density at radius 2 is 1.03 bits per heavy atom. The van der Waals surface area contributed by atoms with Gasteiger partial charge in [-0.15, -0.1) is 0 Å². The zero-order chi connectivity index (χ0) is 24.5. The van der Waals surface area contributed by atoms with Gasteiger partial charge in [-0.1, -0.05) is 72.3 Å². The van der Waals surface area contributed by atoms with Crippen molar-refractivity contribution in [3.8, 4) is 0 Å². The first kappa shape index (κ1) is 24.0. The highest BCUT2D eigenvalue weighted by Crippen LogP contribution is 2.18. The third-order valence-electron chi connectivity index (χ3n) is 5.83. The van der Waals surface area contributed by atoms with Gasteiger partial charge in [-0.3, -0.25) is 4.90 Å². The Bertz CT molecular complexity index is 1200. The van der Waals surface area contributed by atoms with Gasteiger partial charge in [-0.05, 0) is 60.0 Å². The second kappa shape index (κ2) is 11.9. The molecule has 0 spiro atoms. The van der Waals surface area contributed by atoms with Crippen molar-refractivity contribution in [1.29, 1.82) is 0 Å². The molecule has 0 fully saturated rings. The lowest BCUT2D eigenvalue weighted by molar-refractivity contribution is 0.247. The third kappa shape index (κ3) is 7.45. The van der Waals surface area contributed by atoms with Crippen LogP contribution in [0.4, 0.5) is 21.9 Å². The summed E-state index contributed by atoms with van der Waals surface area (Å²) in [6, 6.07) is 34.6. The quantitative estimate of drug-likeness (QED) is 0.253. The summed E-state index contributed by atoms with van der Waals surface area (Å²) < 4.78 is 0. The van der Waals surface area contributed by atoms with E-state index in [-0.39, 0.29) is 6.03 Å². The SMILES string of the molecule is CNc1ccc(CN(Cc2ccccc2)Cc2ccc(NC(=O)Nc3ccc(C)cc3)cc2)cc1. The second-order valence-electron chi connectivity index (χ2n) is 8.72. The van der Waals surface area contributed by atoms with E-state index in [0.717, 1.165) is 42.3 Å². The van der Waals surface area contributed by atoms with E-state index in [9.17, 15) is 4.79 Å². The first-order valence-corrected chi connectivity index (χ1v) is 11.8. The molecule has 5 heteroatoms. The molecule has 0 saturated carbocycles. The first-order valence-electron chi connectivity index (χ1n) is 11.8. The maximum atomic E-state index is 12.3. The van der Waals surface area contributed by atoms with E-state index in [1.165, 1.54) is 16.7 Å². The van der Waals surface area contributed by atoms with E-state index in [0.29, 0.717) is 0 Å². The number of nitrogens with zero attached hydrogens (tertiary/aromatic N) is 1. The highest BCUT2D eigenvalue weighted by Gasteiger charge is 2.10. The van der Waals surface area contributed by atoms with Crippen LogP contribution in [0.15, 0.2) is 103 Å². The van der Waals surface area contributed by atoms with Crippen molar-refractivity contribution in [3.63, 3.8) is 0 Å². The molecule has 2 amide bonds. The maximum Gasteiger partial charge on any atom is 0.323 e. The Morgan fingerprint density at radius 3 is 1.51 bits per heavy atom. The number of urea groups is 1. The van der Waals surface area contributed by atoms with E-state index in [1.54, 1.807) is 0 Å². The summed E-state index contributed by atoms with van der Waals surface area (Å²) in [5.41, 5.74) is 7.54. The number of carbonyl (C=O) groups excluding carboxylic acids is 1. The van der Waals surface area contributed by atoms with Crippen LogP contribution >= 0.6 is 0 Å². The predicted octanol–water partition coefficient (Wildman–Crippen LogP) is 6.88. The highest BCUT2D eigenvalue weighted by atomic mass is 16.2. The van der Waals surface area contributed by atoms with Crippen LogP contribution in [0, 0.1) is 6.92 Å². The van der Waals surface area contributed by atoms with E-state index in [2.05, 4.69) is 81.5 Å². The molecule has 0 aliphatic heterocycles. The first-order chi connectivity index (χ1) is 17.1. The van der Waals surface area contributed by atoms with Crippen LogP contribution in [0.3, 0.4) is 0 Å². The Kier molecular flexibility index (Phi) is 8.15. The summed E-state index contributed by atoms with van der Waals surface area (Å²) in [4.78, 5) is 14.8. The largest absolute Gasteiger partial charge is 0.388 e.